The number of ketones is 1. The van der Waals surface area contributed by atoms with Crippen molar-refractivity contribution in [3.05, 3.63) is 113 Å². The molecule has 1 heterocycles. The van der Waals surface area contributed by atoms with E-state index in [2.05, 4.69) is 0 Å². The summed E-state index contributed by atoms with van der Waals surface area (Å²) in [6, 6.07) is 26.2. The molecule has 6 heteroatoms. The number of ether oxygens (including phenoxy) is 1. The zero-order valence-electron chi connectivity index (χ0n) is 18.9. The second kappa shape index (κ2) is 9.28. The monoisotopic (exact) mass is 483 g/mol. The number of aliphatic hydroxyl groups excluding tert-OH is 1. The third-order valence-electron chi connectivity index (χ3n) is 6.06. The van der Waals surface area contributed by atoms with E-state index in [4.69, 9.17) is 16.3 Å². The summed E-state index contributed by atoms with van der Waals surface area (Å²) in [6.07, 6.45) is 0. The Morgan fingerprint density at radius 1 is 0.914 bits per heavy atom. The van der Waals surface area contributed by atoms with Gasteiger partial charge in [0.1, 0.15) is 11.5 Å². The largest absolute Gasteiger partial charge is 0.507 e. The molecule has 5 rings (SSSR count). The fourth-order valence-corrected chi connectivity index (χ4v) is 4.58. The first-order valence-corrected chi connectivity index (χ1v) is 11.6. The molecule has 4 aromatic carbocycles. The first-order chi connectivity index (χ1) is 17.0. The third kappa shape index (κ3) is 4.15. The lowest BCUT2D eigenvalue weighted by Crippen LogP contribution is -2.29. The van der Waals surface area contributed by atoms with Crippen LogP contribution < -0.4 is 9.64 Å². The molecule has 1 fully saturated rings. The molecule has 1 aliphatic heterocycles. The number of anilines is 1. The van der Waals surface area contributed by atoms with Gasteiger partial charge in [-0.05, 0) is 65.7 Å². The van der Waals surface area contributed by atoms with Gasteiger partial charge in [-0.25, -0.2) is 0 Å². The minimum absolute atomic E-state index is 0.0221. The van der Waals surface area contributed by atoms with Gasteiger partial charge in [-0.15, -0.1) is 0 Å². The average Bonchev–Trinajstić information content (AvgIpc) is 3.14. The average molecular weight is 484 g/mol. The van der Waals surface area contributed by atoms with Crippen molar-refractivity contribution in [2.24, 2.45) is 0 Å². The third-order valence-corrected chi connectivity index (χ3v) is 6.31. The van der Waals surface area contributed by atoms with Crippen molar-refractivity contribution in [3.8, 4) is 5.75 Å². The van der Waals surface area contributed by atoms with Crippen molar-refractivity contribution >= 4 is 45.5 Å². The zero-order valence-corrected chi connectivity index (χ0v) is 19.7. The fraction of sp³-hybridized carbons (Fsp3) is 0.103. The quantitative estimate of drug-likeness (QED) is 0.199. The summed E-state index contributed by atoms with van der Waals surface area (Å²) in [4.78, 5) is 28.1. The van der Waals surface area contributed by atoms with E-state index >= 15 is 0 Å². The molecule has 1 saturated heterocycles. The van der Waals surface area contributed by atoms with Crippen LogP contribution >= 0.6 is 11.6 Å². The number of hydrogen-bond donors (Lipinski definition) is 1. The molecular formula is C29H22ClNO4. The summed E-state index contributed by atoms with van der Waals surface area (Å²) in [5, 5.41) is 13.8. The number of nitrogens with zero attached hydrogens (tertiary/aromatic N) is 1. The van der Waals surface area contributed by atoms with Crippen molar-refractivity contribution in [2.45, 2.75) is 13.0 Å². The number of benzene rings is 4. The van der Waals surface area contributed by atoms with Crippen LogP contribution in [0.5, 0.6) is 5.75 Å². The standard InChI is InChI=1S/C29H22ClNO4/c1-2-35-24-9-5-8-20(17-24)26-25(27(32)21-11-10-18-6-3-4-7-19(18)16-21)28(33)29(34)31(26)23-14-12-22(30)13-15-23/h3-17,26,32H,2H2,1H3/b27-25-. The number of carbonyl (C=O) groups is 2. The molecule has 1 unspecified atom stereocenters. The predicted molar refractivity (Wildman–Crippen MR) is 138 cm³/mol. The molecule has 35 heavy (non-hydrogen) atoms. The number of hydrogen-bond acceptors (Lipinski definition) is 4. The topological polar surface area (TPSA) is 66.8 Å². The summed E-state index contributed by atoms with van der Waals surface area (Å²) in [6.45, 7) is 2.35. The Kier molecular flexibility index (Phi) is 6.01. The Balaban J connectivity index is 1.72. The smallest absolute Gasteiger partial charge is 0.300 e. The van der Waals surface area contributed by atoms with Gasteiger partial charge in [0, 0.05) is 16.3 Å². The Bertz CT molecular complexity index is 1480. The number of Topliss-reactive ketones (excluding diaryl/α,β-unsaturated/α-hetero) is 1. The highest BCUT2D eigenvalue weighted by molar-refractivity contribution is 6.51. The number of fused-ring (bicyclic) bond motifs is 1. The summed E-state index contributed by atoms with van der Waals surface area (Å²) >= 11 is 6.06. The fourth-order valence-electron chi connectivity index (χ4n) is 4.45. The molecule has 5 nitrogen and oxygen atoms in total. The van der Waals surface area contributed by atoms with Crippen LogP contribution in [0.2, 0.25) is 5.02 Å². The highest BCUT2D eigenvalue weighted by Gasteiger charge is 2.47. The predicted octanol–water partition coefficient (Wildman–Crippen LogP) is 6.52. The Morgan fingerprint density at radius 2 is 1.66 bits per heavy atom. The van der Waals surface area contributed by atoms with E-state index < -0.39 is 17.7 Å². The molecule has 0 spiro atoms. The van der Waals surface area contributed by atoms with Crippen molar-refractivity contribution in [2.75, 3.05) is 11.5 Å². The lowest BCUT2D eigenvalue weighted by atomic mass is 9.94. The van der Waals surface area contributed by atoms with Gasteiger partial charge in [0.2, 0.25) is 0 Å². The van der Waals surface area contributed by atoms with Gasteiger partial charge >= 0.3 is 0 Å². The molecule has 1 amide bonds. The number of rotatable bonds is 5. The molecule has 1 atom stereocenters. The molecule has 4 aromatic rings. The number of aliphatic hydroxyl groups is 1. The zero-order chi connectivity index (χ0) is 24.5. The molecule has 0 radical (unpaired) electrons. The van der Waals surface area contributed by atoms with Gasteiger partial charge < -0.3 is 9.84 Å². The Labute approximate surface area is 207 Å². The lowest BCUT2D eigenvalue weighted by molar-refractivity contribution is -0.132. The van der Waals surface area contributed by atoms with Crippen LogP contribution in [-0.4, -0.2) is 23.4 Å². The van der Waals surface area contributed by atoms with Crippen LogP contribution in [0.3, 0.4) is 0 Å². The second-order valence-electron chi connectivity index (χ2n) is 8.21. The van der Waals surface area contributed by atoms with Gasteiger partial charge in [-0.1, -0.05) is 60.1 Å². The SMILES string of the molecule is CCOc1cccc(C2/C(=C(/O)c3ccc4ccccc4c3)C(=O)C(=O)N2c2ccc(Cl)cc2)c1. The van der Waals surface area contributed by atoms with Gasteiger partial charge in [-0.3, -0.25) is 14.5 Å². The summed E-state index contributed by atoms with van der Waals surface area (Å²) in [5.41, 5.74) is 1.63. The van der Waals surface area contributed by atoms with E-state index in [0.29, 0.717) is 34.2 Å². The normalized spacial score (nSPS) is 17.2. The maximum atomic E-state index is 13.4. The number of halogens is 1. The maximum Gasteiger partial charge on any atom is 0.300 e. The van der Waals surface area contributed by atoms with Crippen LogP contribution in [0.25, 0.3) is 16.5 Å². The summed E-state index contributed by atoms with van der Waals surface area (Å²) in [5.74, 6) is -1.09. The molecule has 0 bridgehead atoms. The minimum Gasteiger partial charge on any atom is -0.507 e. The Hall–Kier alpha value is -4.09. The number of carbonyl (C=O) groups excluding carboxylic acids is 2. The van der Waals surface area contributed by atoms with E-state index in [1.807, 2.05) is 55.5 Å². The highest BCUT2D eigenvalue weighted by atomic mass is 35.5. The van der Waals surface area contributed by atoms with Gasteiger partial charge in [0.05, 0.1) is 18.2 Å². The van der Waals surface area contributed by atoms with Crippen LogP contribution in [0.1, 0.15) is 24.1 Å². The van der Waals surface area contributed by atoms with E-state index in [0.717, 1.165) is 10.8 Å². The second-order valence-corrected chi connectivity index (χ2v) is 8.65. The molecule has 174 valence electrons. The van der Waals surface area contributed by atoms with Crippen LogP contribution in [-0.2, 0) is 9.59 Å². The highest BCUT2D eigenvalue weighted by Crippen LogP contribution is 2.43. The van der Waals surface area contributed by atoms with Gasteiger partial charge in [0.15, 0.2) is 0 Å². The molecule has 1 aliphatic rings. The number of amides is 1. The van der Waals surface area contributed by atoms with Crippen molar-refractivity contribution in [3.63, 3.8) is 0 Å². The van der Waals surface area contributed by atoms with E-state index in [-0.39, 0.29) is 11.3 Å². The van der Waals surface area contributed by atoms with Crippen LogP contribution in [0.15, 0.2) is 96.6 Å². The van der Waals surface area contributed by atoms with Gasteiger partial charge in [0.25, 0.3) is 11.7 Å². The van der Waals surface area contributed by atoms with Crippen molar-refractivity contribution in [1.29, 1.82) is 0 Å². The van der Waals surface area contributed by atoms with E-state index in [1.165, 1.54) is 4.90 Å². The maximum absolute atomic E-state index is 13.4. The molecule has 0 aliphatic carbocycles. The Morgan fingerprint density at radius 3 is 2.40 bits per heavy atom. The van der Waals surface area contributed by atoms with Gasteiger partial charge in [-0.2, -0.15) is 0 Å². The molecular weight excluding hydrogens is 462 g/mol. The summed E-state index contributed by atoms with van der Waals surface area (Å²) in [7, 11) is 0. The molecule has 0 aromatic heterocycles. The summed E-state index contributed by atoms with van der Waals surface area (Å²) < 4.78 is 5.66. The lowest BCUT2D eigenvalue weighted by Gasteiger charge is -2.26. The van der Waals surface area contributed by atoms with Crippen LogP contribution in [0.4, 0.5) is 5.69 Å². The van der Waals surface area contributed by atoms with Crippen molar-refractivity contribution in [1.82, 2.24) is 0 Å². The van der Waals surface area contributed by atoms with E-state index in [1.54, 1.807) is 42.5 Å². The van der Waals surface area contributed by atoms with E-state index in [9.17, 15) is 14.7 Å². The molecule has 0 saturated carbocycles. The van der Waals surface area contributed by atoms with Crippen LogP contribution in [0, 0.1) is 0 Å². The first-order valence-electron chi connectivity index (χ1n) is 11.3. The minimum atomic E-state index is -0.844. The van der Waals surface area contributed by atoms with Crippen molar-refractivity contribution < 1.29 is 19.4 Å². The first kappa shape index (κ1) is 22.7. The molecule has 1 N–H and O–H groups in total.